The molecule has 0 amide bonds. The summed E-state index contributed by atoms with van der Waals surface area (Å²) in [5.74, 6) is 0.484. The van der Waals surface area contributed by atoms with Crippen molar-refractivity contribution in [2.75, 3.05) is 7.05 Å². The minimum Gasteiger partial charge on any atom is -0.333 e. The van der Waals surface area contributed by atoms with Gasteiger partial charge < -0.3 is 5.73 Å². The smallest absolute Gasteiger partial charge is 0.00610 e. The Morgan fingerprint density at radius 3 is 1.31 bits per heavy atom. The van der Waals surface area contributed by atoms with Gasteiger partial charge in [0, 0.05) is 5.92 Å². The van der Waals surface area contributed by atoms with Crippen molar-refractivity contribution in [1.29, 1.82) is 0 Å². The minimum absolute atomic E-state index is 0.484. The van der Waals surface area contributed by atoms with Gasteiger partial charge in [-0.25, -0.2) is 0 Å². The van der Waals surface area contributed by atoms with Crippen molar-refractivity contribution >= 4 is 0 Å². The monoisotopic (exact) mass is 213 g/mol. The van der Waals surface area contributed by atoms with E-state index in [1.807, 2.05) is 0 Å². The summed E-state index contributed by atoms with van der Waals surface area (Å²) >= 11 is 0. The molecule has 2 rings (SSSR count). The van der Waals surface area contributed by atoms with Gasteiger partial charge in [0.25, 0.3) is 0 Å². The fourth-order valence-corrected chi connectivity index (χ4v) is 1.68. The predicted octanol–water partition coefficient (Wildman–Crippen LogP) is 3.41. The SMILES string of the molecule is CC(c1ccccc1)c1ccccc1.CN. The van der Waals surface area contributed by atoms with Crippen LogP contribution in [0.5, 0.6) is 0 Å². The highest BCUT2D eigenvalue weighted by atomic mass is 14.4. The van der Waals surface area contributed by atoms with Gasteiger partial charge in [-0.3, -0.25) is 0 Å². The van der Waals surface area contributed by atoms with Gasteiger partial charge in [-0.15, -0.1) is 0 Å². The van der Waals surface area contributed by atoms with Gasteiger partial charge in [0.15, 0.2) is 0 Å². The Morgan fingerprint density at radius 1 is 0.688 bits per heavy atom. The maximum atomic E-state index is 4.50. The summed E-state index contributed by atoms with van der Waals surface area (Å²) in [6.07, 6.45) is 0. The number of nitrogens with two attached hydrogens (primary N) is 1. The lowest BCUT2D eigenvalue weighted by molar-refractivity contribution is 0.922. The van der Waals surface area contributed by atoms with Gasteiger partial charge in [0.2, 0.25) is 0 Å². The summed E-state index contributed by atoms with van der Waals surface area (Å²) < 4.78 is 0. The maximum absolute atomic E-state index is 4.50. The van der Waals surface area contributed by atoms with Crippen LogP contribution >= 0.6 is 0 Å². The first-order chi connectivity index (χ1) is 7.88. The molecule has 0 saturated carbocycles. The molecule has 0 unspecified atom stereocenters. The van der Waals surface area contributed by atoms with E-state index < -0.39 is 0 Å². The van der Waals surface area contributed by atoms with E-state index in [0.29, 0.717) is 5.92 Å². The Morgan fingerprint density at radius 2 is 1.00 bits per heavy atom. The third kappa shape index (κ3) is 3.21. The average molecular weight is 213 g/mol. The molecule has 2 aromatic rings. The van der Waals surface area contributed by atoms with Crippen LogP contribution in [-0.4, -0.2) is 7.05 Å². The quantitative estimate of drug-likeness (QED) is 0.812. The zero-order valence-electron chi connectivity index (χ0n) is 9.93. The molecule has 0 bridgehead atoms. The first kappa shape index (κ1) is 12.5. The number of benzene rings is 2. The fraction of sp³-hybridized carbons (Fsp3) is 0.200. The zero-order valence-corrected chi connectivity index (χ0v) is 9.93. The Balaban J connectivity index is 0.000000606. The molecule has 0 fully saturated rings. The van der Waals surface area contributed by atoms with Crippen molar-refractivity contribution in [1.82, 2.24) is 0 Å². The molecule has 0 spiro atoms. The molecule has 0 aliphatic heterocycles. The van der Waals surface area contributed by atoms with Gasteiger partial charge in [-0.1, -0.05) is 67.6 Å². The van der Waals surface area contributed by atoms with Gasteiger partial charge in [-0.2, -0.15) is 0 Å². The van der Waals surface area contributed by atoms with E-state index in [9.17, 15) is 0 Å². The third-order valence-corrected chi connectivity index (χ3v) is 2.60. The van der Waals surface area contributed by atoms with Crippen molar-refractivity contribution in [3.05, 3.63) is 71.8 Å². The highest BCUT2D eigenvalue weighted by Gasteiger charge is 2.05. The van der Waals surface area contributed by atoms with Crippen LogP contribution in [0.2, 0.25) is 0 Å². The fourth-order valence-electron chi connectivity index (χ4n) is 1.68. The topological polar surface area (TPSA) is 26.0 Å². The summed E-state index contributed by atoms with van der Waals surface area (Å²) in [7, 11) is 1.50. The van der Waals surface area contributed by atoms with Crippen LogP contribution in [0.25, 0.3) is 0 Å². The lowest BCUT2D eigenvalue weighted by Crippen LogP contribution is -1.94. The van der Waals surface area contributed by atoms with Crippen LogP contribution in [0.3, 0.4) is 0 Å². The molecule has 1 nitrogen and oxygen atoms in total. The molecule has 0 aromatic heterocycles. The maximum Gasteiger partial charge on any atom is 0.00610 e. The van der Waals surface area contributed by atoms with E-state index in [0.717, 1.165) is 0 Å². The minimum atomic E-state index is 0.484. The Hall–Kier alpha value is -1.60. The summed E-state index contributed by atoms with van der Waals surface area (Å²) in [4.78, 5) is 0. The zero-order chi connectivity index (χ0) is 11.8. The normalized spacial score (nSPS) is 9.50. The van der Waals surface area contributed by atoms with E-state index >= 15 is 0 Å². The van der Waals surface area contributed by atoms with Gasteiger partial charge in [-0.05, 0) is 18.2 Å². The van der Waals surface area contributed by atoms with Crippen molar-refractivity contribution in [2.24, 2.45) is 5.73 Å². The van der Waals surface area contributed by atoms with Crippen molar-refractivity contribution < 1.29 is 0 Å². The second-order valence-electron chi connectivity index (χ2n) is 3.54. The van der Waals surface area contributed by atoms with Crippen LogP contribution < -0.4 is 5.73 Å². The van der Waals surface area contributed by atoms with Gasteiger partial charge in [0.05, 0.1) is 0 Å². The van der Waals surface area contributed by atoms with E-state index in [1.165, 1.54) is 18.2 Å². The highest BCUT2D eigenvalue weighted by Crippen LogP contribution is 2.22. The standard InChI is InChI=1S/C14H14.CH5N/c1-12(13-8-4-2-5-9-13)14-10-6-3-7-11-14;1-2/h2-12H,1H3;2H2,1H3. The van der Waals surface area contributed by atoms with E-state index in [4.69, 9.17) is 0 Å². The molecular formula is C15H19N. The lowest BCUT2D eigenvalue weighted by atomic mass is 9.93. The average Bonchev–Trinajstić information content (AvgIpc) is 2.42. The molecule has 0 aliphatic rings. The third-order valence-electron chi connectivity index (χ3n) is 2.60. The molecule has 0 aliphatic carbocycles. The first-order valence-corrected chi connectivity index (χ1v) is 5.55. The summed E-state index contributed by atoms with van der Waals surface area (Å²) in [5.41, 5.74) is 7.25. The second kappa shape index (κ2) is 6.81. The molecule has 0 atom stereocenters. The van der Waals surface area contributed by atoms with E-state index in [-0.39, 0.29) is 0 Å². The Bertz CT molecular complexity index is 341. The predicted molar refractivity (Wildman–Crippen MR) is 70.5 cm³/mol. The molecule has 2 N–H and O–H groups in total. The molecule has 84 valence electrons. The van der Waals surface area contributed by atoms with E-state index in [2.05, 4.69) is 73.3 Å². The molecular weight excluding hydrogens is 194 g/mol. The van der Waals surface area contributed by atoms with Crippen molar-refractivity contribution in [3.8, 4) is 0 Å². The molecule has 16 heavy (non-hydrogen) atoms. The highest BCUT2D eigenvalue weighted by molar-refractivity contribution is 5.31. The Kier molecular flexibility index (Phi) is 5.30. The molecule has 0 radical (unpaired) electrons. The second-order valence-corrected chi connectivity index (χ2v) is 3.54. The van der Waals surface area contributed by atoms with Crippen LogP contribution in [0.15, 0.2) is 60.7 Å². The van der Waals surface area contributed by atoms with Gasteiger partial charge in [0.1, 0.15) is 0 Å². The Labute approximate surface area is 97.9 Å². The summed E-state index contributed by atoms with van der Waals surface area (Å²) in [5, 5.41) is 0. The first-order valence-electron chi connectivity index (χ1n) is 5.55. The van der Waals surface area contributed by atoms with Crippen LogP contribution in [0.4, 0.5) is 0 Å². The molecule has 0 saturated heterocycles. The van der Waals surface area contributed by atoms with Crippen LogP contribution in [-0.2, 0) is 0 Å². The number of hydrogen-bond donors (Lipinski definition) is 1. The molecule has 1 heteroatoms. The molecule has 2 aromatic carbocycles. The van der Waals surface area contributed by atoms with Crippen molar-refractivity contribution in [3.63, 3.8) is 0 Å². The van der Waals surface area contributed by atoms with Crippen LogP contribution in [0.1, 0.15) is 24.0 Å². The van der Waals surface area contributed by atoms with Crippen molar-refractivity contribution in [2.45, 2.75) is 12.8 Å². The summed E-state index contributed by atoms with van der Waals surface area (Å²) in [6.45, 7) is 2.24. The summed E-state index contributed by atoms with van der Waals surface area (Å²) in [6, 6.07) is 21.2. The lowest BCUT2D eigenvalue weighted by Gasteiger charge is -2.11. The largest absolute Gasteiger partial charge is 0.333 e. The van der Waals surface area contributed by atoms with Gasteiger partial charge >= 0.3 is 0 Å². The number of rotatable bonds is 2. The van der Waals surface area contributed by atoms with Crippen LogP contribution in [0, 0.1) is 0 Å². The molecule has 0 heterocycles. The van der Waals surface area contributed by atoms with E-state index in [1.54, 1.807) is 0 Å². The number of hydrogen-bond acceptors (Lipinski definition) is 1.